The van der Waals surface area contributed by atoms with E-state index >= 15 is 0 Å². The molecule has 2 aromatic rings. The molecule has 1 aromatic carbocycles. The number of aliphatic hydroxyl groups is 1. The second-order valence-corrected chi connectivity index (χ2v) is 2.77. The predicted molar refractivity (Wildman–Crippen MR) is 49.0 cm³/mol. The molecule has 0 radical (unpaired) electrons. The maximum Gasteiger partial charge on any atom is 0.173 e. The minimum atomic E-state index is -0.684. The van der Waals surface area contributed by atoms with Gasteiger partial charge in [-0.3, -0.25) is 0 Å². The molecule has 0 saturated heterocycles. The number of hydrogen-bond acceptors (Lipinski definition) is 2. The third kappa shape index (κ3) is 1.60. The zero-order valence-corrected chi connectivity index (χ0v) is 7.04. The molecule has 0 amide bonds. The van der Waals surface area contributed by atoms with Gasteiger partial charge in [-0.25, -0.2) is 4.68 Å². The predicted octanol–water partition coefficient (Wildman–Crippen LogP) is 1.42. The number of aromatic nitrogens is 2. The summed E-state index contributed by atoms with van der Waals surface area (Å²) < 4.78 is 1.51. The van der Waals surface area contributed by atoms with E-state index < -0.39 is 6.23 Å². The summed E-state index contributed by atoms with van der Waals surface area (Å²) in [5.74, 6) is 0. The van der Waals surface area contributed by atoms with E-state index in [0.717, 1.165) is 5.56 Å². The van der Waals surface area contributed by atoms with Crippen molar-refractivity contribution in [2.75, 3.05) is 0 Å². The first-order chi connectivity index (χ1) is 6.38. The number of benzene rings is 1. The highest BCUT2D eigenvalue weighted by Gasteiger charge is 2.07. The van der Waals surface area contributed by atoms with Crippen LogP contribution in [0.3, 0.4) is 0 Å². The summed E-state index contributed by atoms with van der Waals surface area (Å²) in [7, 11) is 0. The van der Waals surface area contributed by atoms with Crippen LogP contribution in [-0.4, -0.2) is 14.9 Å². The van der Waals surface area contributed by atoms with Crippen LogP contribution in [0.1, 0.15) is 11.8 Å². The van der Waals surface area contributed by atoms with Crippen molar-refractivity contribution in [3.8, 4) is 0 Å². The molecule has 13 heavy (non-hydrogen) atoms. The average Bonchev–Trinajstić information content (AvgIpc) is 2.71. The van der Waals surface area contributed by atoms with Gasteiger partial charge in [-0.1, -0.05) is 30.3 Å². The highest BCUT2D eigenvalue weighted by molar-refractivity contribution is 5.17. The van der Waals surface area contributed by atoms with Crippen molar-refractivity contribution in [3.05, 3.63) is 54.4 Å². The Hall–Kier alpha value is -1.61. The first kappa shape index (κ1) is 8.01. The average molecular weight is 174 g/mol. The molecule has 2 rings (SSSR count). The van der Waals surface area contributed by atoms with Crippen LogP contribution in [0.5, 0.6) is 0 Å². The van der Waals surface area contributed by atoms with Crippen molar-refractivity contribution in [1.82, 2.24) is 9.78 Å². The van der Waals surface area contributed by atoms with E-state index in [4.69, 9.17) is 0 Å². The molecule has 0 aliphatic carbocycles. The van der Waals surface area contributed by atoms with Gasteiger partial charge < -0.3 is 5.11 Å². The van der Waals surface area contributed by atoms with Gasteiger partial charge in [0.05, 0.1) is 0 Å². The first-order valence-corrected chi connectivity index (χ1v) is 4.10. The van der Waals surface area contributed by atoms with Crippen molar-refractivity contribution < 1.29 is 5.11 Å². The van der Waals surface area contributed by atoms with E-state index in [1.54, 1.807) is 18.5 Å². The summed E-state index contributed by atoms with van der Waals surface area (Å²) in [5.41, 5.74) is 0.839. The second kappa shape index (κ2) is 3.41. The van der Waals surface area contributed by atoms with Crippen molar-refractivity contribution in [3.63, 3.8) is 0 Å². The molecule has 1 heterocycles. The van der Waals surface area contributed by atoms with E-state index in [1.165, 1.54) is 4.68 Å². The molecule has 3 heteroatoms. The lowest BCUT2D eigenvalue weighted by atomic mass is 10.2. The standard InChI is InChI=1S/C10H10N2O/c13-10(12-8-4-7-11-12)9-5-2-1-3-6-9/h1-8,10,13H. The SMILES string of the molecule is OC(c1ccccc1)n1cccn1. The van der Waals surface area contributed by atoms with Gasteiger partial charge in [0.15, 0.2) is 6.23 Å². The largest absolute Gasteiger partial charge is 0.368 e. The van der Waals surface area contributed by atoms with E-state index in [0.29, 0.717) is 0 Å². The Balaban J connectivity index is 2.29. The van der Waals surface area contributed by atoms with Crippen LogP contribution >= 0.6 is 0 Å². The molecule has 0 saturated carbocycles. The van der Waals surface area contributed by atoms with Crippen LogP contribution in [0.15, 0.2) is 48.8 Å². The molecule has 1 aromatic heterocycles. The van der Waals surface area contributed by atoms with Gasteiger partial charge in [-0.05, 0) is 6.07 Å². The molecule has 0 fully saturated rings. The zero-order valence-electron chi connectivity index (χ0n) is 7.04. The van der Waals surface area contributed by atoms with Crippen LogP contribution in [0.2, 0.25) is 0 Å². The van der Waals surface area contributed by atoms with Crippen LogP contribution in [0.4, 0.5) is 0 Å². The lowest BCUT2D eigenvalue weighted by molar-refractivity contribution is 0.132. The van der Waals surface area contributed by atoms with Crippen molar-refractivity contribution in [2.24, 2.45) is 0 Å². The fraction of sp³-hybridized carbons (Fsp3) is 0.100. The normalized spacial score (nSPS) is 12.7. The Labute approximate surface area is 76.3 Å². The Morgan fingerprint density at radius 3 is 2.54 bits per heavy atom. The van der Waals surface area contributed by atoms with Gasteiger partial charge in [-0.15, -0.1) is 0 Å². The Kier molecular flexibility index (Phi) is 2.10. The van der Waals surface area contributed by atoms with Crippen molar-refractivity contribution in [1.29, 1.82) is 0 Å². The van der Waals surface area contributed by atoms with Crippen LogP contribution in [0, 0.1) is 0 Å². The quantitative estimate of drug-likeness (QED) is 0.747. The minimum absolute atomic E-state index is 0.684. The Morgan fingerprint density at radius 1 is 1.15 bits per heavy atom. The topological polar surface area (TPSA) is 38.0 Å². The van der Waals surface area contributed by atoms with E-state index in [1.807, 2.05) is 30.3 Å². The first-order valence-electron chi connectivity index (χ1n) is 4.10. The van der Waals surface area contributed by atoms with Crippen molar-refractivity contribution in [2.45, 2.75) is 6.23 Å². The van der Waals surface area contributed by atoms with E-state index in [9.17, 15) is 5.11 Å². The van der Waals surface area contributed by atoms with Gasteiger partial charge in [0.2, 0.25) is 0 Å². The van der Waals surface area contributed by atoms with Gasteiger partial charge in [0, 0.05) is 18.0 Å². The van der Waals surface area contributed by atoms with Crippen molar-refractivity contribution >= 4 is 0 Å². The molecule has 0 spiro atoms. The molecule has 0 aliphatic rings. The fourth-order valence-corrected chi connectivity index (χ4v) is 1.20. The molecule has 1 unspecified atom stereocenters. The lowest BCUT2D eigenvalue weighted by Gasteiger charge is -2.10. The summed E-state index contributed by atoms with van der Waals surface area (Å²) in [6.07, 6.45) is 2.69. The molecule has 0 aliphatic heterocycles. The highest BCUT2D eigenvalue weighted by Crippen LogP contribution is 2.12. The molecule has 1 atom stereocenters. The molecule has 66 valence electrons. The molecular weight excluding hydrogens is 164 g/mol. The summed E-state index contributed by atoms with van der Waals surface area (Å²) in [5, 5.41) is 13.7. The second-order valence-electron chi connectivity index (χ2n) is 2.77. The maximum atomic E-state index is 9.78. The van der Waals surface area contributed by atoms with Gasteiger partial charge in [0.1, 0.15) is 0 Å². The lowest BCUT2D eigenvalue weighted by Crippen LogP contribution is -2.09. The van der Waals surface area contributed by atoms with Crippen LogP contribution in [-0.2, 0) is 0 Å². The van der Waals surface area contributed by atoms with Gasteiger partial charge >= 0.3 is 0 Å². The Morgan fingerprint density at radius 2 is 1.92 bits per heavy atom. The van der Waals surface area contributed by atoms with Gasteiger partial charge in [-0.2, -0.15) is 5.10 Å². The highest BCUT2D eigenvalue weighted by atomic mass is 16.3. The molecular formula is C10H10N2O. The number of nitrogens with zero attached hydrogens (tertiary/aromatic N) is 2. The molecule has 3 nitrogen and oxygen atoms in total. The number of aliphatic hydroxyl groups excluding tert-OH is 1. The Bertz CT molecular complexity index is 356. The summed E-state index contributed by atoms with van der Waals surface area (Å²) >= 11 is 0. The smallest absolute Gasteiger partial charge is 0.173 e. The van der Waals surface area contributed by atoms with E-state index in [-0.39, 0.29) is 0 Å². The summed E-state index contributed by atoms with van der Waals surface area (Å²) in [4.78, 5) is 0. The minimum Gasteiger partial charge on any atom is -0.368 e. The van der Waals surface area contributed by atoms with Gasteiger partial charge in [0.25, 0.3) is 0 Å². The monoisotopic (exact) mass is 174 g/mol. The third-order valence-corrected chi connectivity index (χ3v) is 1.87. The number of rotatable bonds is 2. The maximum absolute atomic E-state index is 9.78. The zero-order chi connectivity index (χ0) is 9.10. The summed E-state index contributed by atoms with van der Waals surface area (Å²) in [6, 6.07) is 11.2. The fourth-order valence-electron chi connectivity index (χ4n) is 1.20. The number of hydrogen-bond donors (Lipinski definition) is 1. The summed E-state index contributed by atoms with van der Waals surface area (Å²) in [6.45, 7) is 0. The molecule has 1 N–H and O–H groups in total. The third-order valence-electron chi connectivity index (χ3n) is 1.87. The van der Waals surface area contributed by atoms with Crippen LogP contribution < -0.4 is 0 Å². The van der Waals surface area contributed by atoms with E-state index in [2.05, 4.69) is 5.10 Å². The van der Waals surface area contributed by atoms with Crippen LogP contribution in [0.25, 0.3) is 0 Å². The molecule has 0 bridgehead atoms.